The number of carbonyl (C=O) groups excluding carboxylic acids is 1. The molecule has 0 saturated carbocycles. The summed E-state index contributed by atoms with van der Waals surface area (Å²) < 4.78 is 25.9. The van der Waals surface area contributed by atoms with Crippen molar-refractivity contribution in [2.75, 3.05) is 19.4 Å². The third-order valence-corrected chi connectivity index (χ3v) is 6.07. The summed E-state index contributed by atoms with van der Waals surface area (Å²) in [5, 5.41) is 2.66. The van der Waals surface area contributed by atoms with Gasteiger partial charge in [-0.3, -0.25) is 4.79 Å². The zero-order valence-electron chi connectivity index (χ0n) is 15.7. The monoisotopic (exact) mass is 372 g/mol. The van der Waals surface area contributed by atoms with Crippen LogP contribution in [0.3, 0.4) is 0 Å². The highest BCUT2D eigenvalue weighted by molar-refractivity contribution is 7.89. The van der Waals surface area contributed by atoms with Gasteiger partial charge in [0.1, 0.15) is 4.90 Å². The van der Waals surface area contributed by atoms with E-state index in [1.807, 2.05) is 26.8 Å². The summed E-state index contributed by atoms with van der Waals surface area (Å²) in [6.07, 6.45) is 3.15. The molecule has 6 heteroatoms. The van der Waals surface area contributed by atoms with Crippen LogP contribution in [0.25, 0.3) is 6.08 Å². The lowest BCUT2D eigenvalue weighted by atomic mass is 10.0. The van der Waals surface area contributed by atoms with Gasteiger partial charge in [-0.1, -0.05) is 24.3 Å². The second-order valence-corrected chi connectivity index (χ2v) is 8.52. The van der Waals surface area contributed by atoms with Crippen LogP contribution in [0.1, 0.15) is 22.3 Å². The van der Waals surface area contributed by atoms with Crippen molar-refractivity contribution < 1.29 is 13.2 Å². The van der Waals surface area contributed by atoms with Crippen LogP contribution in [0.4, 0.5) is 5.69 Å². The summed E-state index contributed by atoms with van der Waals surface area (Å²) >= 11 is 0. The second-order valence-electron chi connectivity index (χ2n) is 6.40. The van der Waals surface area contributed by atoms with Crippen molar-refractivity contribution >= 4 is 27.7 Å². The molecule has 5 nitrogen and oxygen atoms in total. The van der Waals surface area contributed by atoms with Crippen LogP contribution in [0.15, 0.2) is 47.4 Å². The number of amides is 1. The van der Waals surface area contributed by atoms with Crippen LogP contribution in [-0.4, -0.2) is 32.7 Å². The summed E-state index contributed by atoms with van der Waals surface area (Å²) in [6, 6.07) is 10.5. The molecule has 0 atom stereocenters. The Kier molecular flexibility index (Phi) is 6.00. The molecule has 0 aromatic heterocycles. The lowest BCUT2D eigenvalue weighted by Gasteiger charge is -2.15. The molecule has 0 unspecified atom stereocenters. The van der Waals surface area contributed by atoms with Gasteiger partial charge in [0.25, 0.3) is 0 Å². The number of hydrogen-bond donors (Lipinski definition) is 1. The molecule has 1 amide bonds. The van der Waals surface area contributed by atoms with Crippen molar-refractivity contribution in [1.29, 1.82) is 0 Å². The number of rotatable bonds is 5. The first-order valence-corrected chi connectivity index (χ1v) is 9.65. The fourth-order valence-corrected chi connectivity index (χ4v) is 3.53. The van der Waals surface area contributed by atoms with E-state index < -0.39 is 10.0 Å². The maximum atomic E-state index is 12.4. The van der Waals surface area contributed by atoms with Crippen LogP contribution in [0, 0.1) is 20.8 Å². The normalized spacial score (nSPS) is 11.9. The predicted molar refractivity (Wildman–Crippen MR) is 106 cm³/mol. The van der Waals surface area contributed by atoms with E-state index in [-0.39, 0.29) is 16.5 Å². The van der Waals surface area contributed by atoms with E-state index in [1.165, 1.54) is 31.8 Å². The number of carbonyl (C=O) groups is 1. The zero-order chi connectivity index (χ0) is 19.5. The van der Waals surface area contributed by atoms with Gasteiger partial charge in [-0.05, 0) is 61.2 Å². The molecular weight excluding hydrogens is 348 g/mol. The minimum atomic E-state index is -3.64. The summed E-state index contributed by atoms with van der Waals surface area (Å²) in [6.45, 7) is 6.06. The largest absolute Gasteiger partial charge is 0.321 e. The quantitative estimate of drug-likeness (QED) is 0.817. The summed E-state index contributed by atoms with van der Waals surface area (Å²) in [4.78, 5) is 12.4. The highest BCUT2D eigenvalue weighted by Gasteiger charge is 2.21. The molecule has 0 radical (unpaired) electrons. The number of anilines is 1. The molecule has 138 valence electrons. The topological polar surface area (TPSA) is 66.5 Å². The minimum Gasteiger partial charge on any atom is -0.321 e. The summed E-state index contributed by atoms with van der Waals surface area (Å²) in [5.41, 5.74) is 4.64. The Balaban J connectivity index is 2.26. The van der Waals surface area contributed by atoms with Crippen LogP contribution >= 0.6 is 0 Å². The Morgan fingerprint density at radius 3 is 2.27 bits per heavy atom. The number of sulfonamides is 1. The maximum Gasteiger partial charge on any atom is 0.248 e. The number of nitrogens with zero attached hydrogens (tertiary/aromatic N) is 1. The van der Waals surface area contributed by atoms with Crippen LogP contribution in [-0.2, 0) is 14.8 Å². The lowest BCUT2D eigenvalue weighted by Crippen LogP contribution is -2.24. The van der Waals surface area contributed by atoms with E-state index in [2.05, 4.69) is 11.4 Å². The molecule has 0 aliphatic heterocycles. The predicted octanol–water partition coefficient (Wildman–Crippen LogP) is 3.51. The summed E-state index contributed by atoms with van der Waals surface area (Å²) in [7, 11) is -0.733. The van der Waals surface area contributed by atoms with Gasteiger partial charge in [-0.15, -0.1) is 0 Å². The standard InChI is InChI=1S/C20H24N2O3S/c1-14-12-16(3)17(13-15(14)2)10-11-20(23)21-18-8-6-7-9-19(18)26(24,25)22(4)5/h6-13H,1-5H3,(H,21,23)/b11-10+. The Labute approximate surface area is 155 Å². The van der Waals surface area contributed by atoms with Gasteiger partial charge in [0.2, 0.25) is 15.9 Å². The molecule has 0 aliphatic rings. The zero-order valence-corrected chi connectivity index (χ0v) is 16.5. The average Bonchev–Trinajstić information content (AvgIpc) is 2.57. The first-order chi connectivity index (χ1) is 12.1. The van der Waals surface area contributed by atoms with E-state index >= 15 is 0 Å². The van der Waals surface area contributed by atoms with Crippen LogP contribution in [0.5, 0.6) is 0 Å². The van der Waals surface area contributed by atoms with Crippen molar-refractivity contribution in [3.05, 3.63) is 64.7 Å². The molecule has 0 heterocycles. The fraction of sp³-hybridized carbons (Fsp3) is 0.250. The average molecular weight is 372 g/mol. The highest BCUT2D eigenvalue weighted by atomic mass is 32.2. The molecule has 1 N–H and O–H groups in total. The Hall–Kier alpha value is -2.44. The first kappa shape index (κ1) is 19.9. The van der Waals surface area contributed by atoms with Gasteiger partial charge in [-0.2, -0.15) is 0 Å². The highest BCUT2D eigenvalue weighted by Crippen LogP contribution is 2.23. The van der Waals surface area contributed by atoms with Gasteiger partial charge in [0.05, 0.1) is 5.69 Å². The number of benzene rings is 2. The van der Waals surface area contributed by atoms with E-state index in [9.17, 15) is 13.2 Å². The molecule has 0 fully saturated rings. The number of para-hydroxylation sites is 1. The Bertz CT molecular complexity index is 961. The van der Waals surface area contributed by atoms with Crippen molar-refractivity contribution in [2.24, 2.45) is 0 Å². The van der Waals surface area contributed by atoms with Crippen molar-refractivity contribution in [1.82, 2.24) is 4.31 Å². The molecule has 0 aliphatic carbocycles. The summed E-state index contributed by atoms with van der Waals surface area (Å²) in [5.74, 6) is -0.385. The Morgan fingerprint density at radius 1 is 1.00 bits per heavy atom. The third kappa shape index (κ3) is 4.39. The van der Waals surface area contributed by atoms with E-state index in [0.717, 1.165) is 21.0 Å². The number of hydrogen-bond acceptors (Lipinski definition) is 3. The molecule has 0 saturated heterocycles. The van der Waals surface area contributed by atoms with Gasteiger partial charge in [-0.25, -0.2) is 12.7 Å². The van der Waals surface area contributed by atoms with Crippen LogP contribution < -0.4 is 5.32 Å². The van der Waals surface area contributed by atoms with Gasteiger partial charge >= 0.3 is 0 Å². The molecule has 2 aromatic rings. The molecule has 0 bridgehead atoms. The van der Waals surface area contributed by atoms with E-state index in [0.29, 0.717) is 0 Å². The van der Waals surface area contributed by atoms with Crippen molar-refractivity contribution in [3.63, 3.8) is 0 Å². The maximum absolute atomic E-state index is 12.4. The number of nitrogens with one attached hydrogen (secondary N) is 1. The first-order valence-electron chi connectivity index (χ1n) is 8.21. The molecule has 26 heavy (non-hydrogen) atoms. The van der Waals surface area contributed by atoms with Crippen molar-refractivity contribution in [3.8, 4) is 0 Å². The van der Waals surface area contributed by atoms with E-state index in [4.69, 9.17) is 0 Å². The third-order valence-electron chi connectivity index (χ3n) is 4.20. The van der Waals surface area contributed by atoms with Crippen LogP contribution in [0.2, 0.25) is 0 Å². The molecule has 2 rings (SSSR count). The lowest BCUT2D eigenvalue weighted by molar-refractivity contribution is -0.111. The van der Waals surface area contributed by atoms with Gasteiger partial charge < -0.3 is 5.32 Å². The van der Waals surface area contributed by atoms with E-state index in [1.54, 1.807) is 24.3 Å². The smallest absolute Gasteiger partial charge is 0.248 e. The fourth-order valence-electron chi connectivity index (χ4n) is 2.49. The molecule has 2 aromatic carbocycles. The molecular formula is C20H24N2O3S. The second kappa shape index (κ2) is 7.85. The minimum absolute atomic E-state index is 0.0640. The SMILES string of the molecule is Cc1cc(C)c(/C=C/C(=O)Nc2ccccc2S(=O)(=O)N(C)C)cc1C. The number of aryl methyl sites for hydroxylation is 3. The van der Waals surface area contributed by atoms with Gasteiger partial charge in [0.15, 0.2) is 0 Å². The van der Waals surface area contributed by atoms with Crippen molar-refractivity contribution in [2.45, 2.75) is 25.7 Å². The molecule has 0 spiro atoms. The van der Waals surface area contributed by atoms with Gasteiger partial charge in [0, 0.05) is 20.2 Å². The Morgan fingerprint density at radius 2 is 1.62 bits per heavy atom.